The van der Waals surface area contributed by atoms with Gasteiger partial charge in [-0.2, -0.15) is 10.5 Å². The Morgan fingerprint density at radius 1 is 1.25 bits per heavy atom. The lowest BCUT2D eigenvalue weighted by Gasteiger charge is -2.07. The molecule has 0 aliphatic rings. The van der Waals surface area contributed by atoms with E-state index in [1.54, 1.807) is 48.5 Å². The van der Waals surface area contributed by atoms with E-state index >= 15 is 0 Å². The Morgan fingerprint density at radius 3 is 2.67 bits per heavy atom. The lowest BCUT2D eigenvalue weighted by molar-refractivity contribution is 0.0459. The first-order chi connectivity index (χ1) is 11.5. The molecule has 0 unspecified atom stereocenters. The summed E-state index contributed by atoms with van der Waals surface area (Å²) in [7, 11) is 0. The quantitative estimate of drug-likeness (QED) is 0.609. The highest BCUT2D eigenvalue weighted by Crippen LogP contribution is 2.24. The number of hydrogen-bond acceptors (Lipinski definition) is 5. The third kappa shape index (κ3) is 4.34. The number of carbonyl (C=O) groups is 1. The third-order valence-electron chi connectivity index (χ3n) is 3.08. The smallest absolute Gasteiger partial charge is 0.338 e. The van der Waals surface area contributed by atoms with E-state index in [1.165, 1.54) is 6.08 Å². The van der Waals surface area contributed by atoms with E-state index in [0.29, 0.717) is 29.3 Å². The van der Waals surface area contributed by atoms with Crippen LogP contribution in [0.15, 0.2) is 46.4 Å². The summed E-state index contributed by atoms with van der Waals surface area (Å²) in [4.78, 5) is 12.0. The second kappa shape index (κ2) is 7.80. The lowest BCUT2D eigenvalue weighted by atomic mass is 10.1. The van der Waals surface area contributed by atoms with Crippen molar-refractivity contribution in [3.63, 3.8) is 0 Å². The fourth-order valence-corrected chi connectivity index (χ4v) is 1.94. The predicted octanol–water partition coefficient (Wildman–Crippen LogP) is 4.19. The number of benzene rings is 1. The maximum absolute atomic E-state index is 12.0. The van der Waals surface area contributed by atoms with Crippen LogP contribution in [0.4, 0.5) is 0 Å². The first-order valence-electron chi connectivity index (χ1n) is 7.42. The largest absolute Gasteiger partial charge is 0.462 e. The first kappa shape index (κ1) is 17.1. The van der Waals surface area contributed by atoms with Crippen LogP contribution in [0.1, 0.15) is 30.0 Å². The van der Waals surface area contributed by atoms with E-state index < -0.39 is 0 Å². The number of nitrogens with zero attached hydrogens (tertiary/aromatic N) is 2. The summed E-state index contributed by atoms with van der Waals surface area (Å²) in [6, 6.07) is 13.8. The summed E-state index contributed by atoms with van der Waals surface area (Å²) in [6.45, 7) is 4.31. The van der Waals surface area contributed by atoms with Gasteiger partial charge < -0.3 is 9.15 Å². The summed E-state index contributed by atoms with van der Waals surface area (Å²) in [5.41, 5.74) is 1.11. The molecule has 0 spiro atoms. The van der Waals surface area contributed by atoms with Crippen molar-refractivity contribution in [1.29, 1.82) is 10.5 Å². The van der Waals surface area contributed by atoms with Crippen molar-refractivity contribution < 1.29 is 13.9 Å². The number of allylic oxidation sites excluding steroid dienone is 1. The maximum Gasteiger partial charge on any atom is 0.338 e. The highest BCUT2D eigenvalue weighted by molar-refractivity contribution is 5.90. The minimum absolute atomic E-state index is 0.0399. The Bertz CT molecular complexity index is 832. The van der Waals surface area contributed by atoms with Crippen molar-refractivity contribution in [1.82, 2.24) is 0 Å². The third-order valence-corrected chi connectivity index (χ3v) is 3.08. The molecule has 1 aromatic carbocycles. The molecule has 0 amide bonds. The van der Waals surface area contributed by atoms with Crippen molar-refractivity contribution in [2.75, 3.05) is 6.61 Å². The van der Waals surface area contributed by atoms with E-state index in [4.69, 9.17) is 19.7 Å². The zero-order valence-electron chi connectivity index (χ0n) is 13.4. The molecule has 2 aromatic rings. The Hall–Kier alpha value is -3.31. The number of nitriles is 2. The van der Waals surface area contributed by atoms with Gasteiger partial charge in [0.1, 0.15) is 29.2 Å². The van der Waals surface area contributed by atoms with Crippen LogP contribution in [0.3, 0.4) is 0 Å². The van der Waals surface area contributed by atoms with E-state index in [0.717, 1.165) is 0 Å². The van der Waals surface area contributed by atoms with E-state index in [2.05, 4.69) is 0 Å². The van der Waals surface area contributed by atoms with Gasteiger partial charge in [-0.1, -0.05) is 26.0 Å². The minimum Gasteiger partial charge on any atom is -0.462 e. The molecule has 0 aliphatic carbocycles. The number of carbonyl (C=O) groups excluding carboxylic acids is 1. The molecule has 0 fully saturated rings. The SMILES string of the molecule is CC(C)COC(=O)c1cccc(-c2ccc(C=C(C#N)C#N)o2)c1. The van der Waals surface area contributed by atoms with E-state index in [9.17, 15) is 4.79 Å². The molecule has 0 atom stereocenters. The van der Waals surface area contributed by atoms with Gasteiger partial charge >= 0.3 is 5.97 Å². The predicted molar refractivity (Wildman–Crippen MR) is 88.5 cm³/mol. The van der Waals surface area contributed by atoms with Gasteiger partial charge in [0, 0.05) is 11.6 Å². The van der Waals surface area contributed by atoms with Crippen LogP contribution in [0.5, 0.6) is 0 Å². The summed E-state index contributed by atoms with van der Waals surface area (Å²) < 4.78 is 10.8. The average Bonchev–Trinajstić information content (AvgIpc) is 3.06. The molecule has 0 aliphatic heterocycles. The maximum atomic E-state index is 12.0. The molecule has 0 saturated carbocycles. The molecule has 5 heteroatoms. The van der Waals surface area contributed by atoms with Crippen molar-refractivity contribution in [3.8, 4) is 23.5 Å². The van der Waals surface area contributed by atoms with E-state index in [1.807, 2.05) is 13.8 Å². The second-order valence-electron chi connectivity index (χ2n) is 5.56. The van der Waals surface area contributed by atoms with Crippen LogP contribution in [-0.4, -0.2) is 12.6 Å². The fourth-order valence-electron chi connectivity index (χ4n) is 1.94. The minimum atomic E-state index is -0.381. The fraction of sp³-hybridized carbons (Fsp3) is 0.211. The molecule has 5 nitrogen and oxygen atoms in total. The number of furan rings is 1. The normalized spacial score (nSPS) is 9.88. The van der Waals surface area contributed by atoms with E-state index in [-0.39, 0.29) is 17.5 Å². The molecule has 0 saturated heterocycles. The van der Waals surface area contributed by atoms with Crippen LogP contribution in [0, 0.1) is 28.6 Å². The highest BCUT2D eigenvalue weighted by Gasteiger charge is 2.11. The van der Waals surface area contributed by atoms with Crippen molar-refractivity contribution in [3.05, 3.63) is 53.3 Å². The molecular weight excluding hydrogens is 304 g/mol. The summed E-state index contributed by atoms with van der Waals surface area (Å²) in [5, 5.41) is 17.5. The van der Waals surface area contributed by atoms with Crippen LogP contribution >= 0.6 is 0 Å². The van der Waals surface area contributed by atoms with Crippen LogP contribution in [-0.2, 0) is 4.74 Å². The highest BCUT2D eigenvalue weighted by atomic mass is 16.5. The first-order valence-corrected chi connectivity index (χ1v) is 7.42. The lowest BCUT2D eigenvalue weighted by Crippen LogP contribution is -2.10. The van der Waals surface area contributed by atoms with Crippen molar-refractivity contribution in [2.45, 2.75) is 13.8 Å². The van der Waals surface area contributed by atoms with Gasteiger partial charge in [0.05, 0.1) is 12.2 Å². The topological polar surface area (TPSA) is 87.0 Å². The molecular formula is C19H16N2O3. The number of hydrogen-bond donors (Lipinski definition) is 0. The van der Waals surface area contributed by atoms with Crippen LogP contribution in [0.25, 0.3) is 17.4 Å². The standard InChI is InChI=1S/C19H16N2O3/c1-13(2)12-23-19(22)16-5-3-4-15(9-16)18-7-6-17(24-18)8-14(10-20)11-21/h3-9,13H,12H2,1-2H3. The number of esters is 1. The zero-order valence-corrected chi connectivity index (χ0v) is 13.4. The Balaban J connectivity index is 2.22. The number of ether oxygens (including phenoxy) is 1. The molecule has 1 heterocycles. The Labute approximate surface area is 140 Å². The van der Waals surface area contributed by atoms with Gasteiger partial charge in [-0.25, -0.2) is 4.79 Å². The van der Waals surface area contributed by atoms with Crippen molar-refractivity contribution in [2.24, 2.45) is 5.92 Å². The summed E-state index contributed by atoms with van der Waals surface area (Å²) >= 11 is 0. The molecule has 0 bridgehead atoms. The molecule has 0 radical (unpaired) electrons. The summed E-state index contributed by atoms with van der Waals surface area (Å²) in [5.74, 6) is 0.824. The molecule has 24 heavy (non-hydrogen) atoms. The van der Waals surface area contributed by atoms with Gasteiger partial charge in [-0.15, -0.1) is 0 Å². The molecule has 120 valence electrons. The van der Waals surface area contributed by atoms with Gasteiger partial charge in [0.25, 0.3) is 0 Å². The van der Waals surface area contributed by atoms with Gasteiger partial charge in [0.2, 0.25) is 0 Å². The molecule has 2 rings (SSSR count). The van der Waals surface area contributed by atoms with Crippen molar-refractivity contribution >= 4 is 12.0 Å². The monoisotopic (exact) mass is 320 g/mol. The van der Waals surface area contributed by atoms with Gasteiger partial charge in [-0.3, -0.25) is 0 Å². The second-order valence-corrected chi connectivity index (χ2v) is 5.56. The molecule has 0 N–H and O–H groups in total. The average molecular weight is 320 g/mol. The van der Waals surface area contributed by atoms with Crippen LogP contribution < -0.4 is 0 Å². The molecule has 1 aromatic heterocycles. The van der Waals surface area contributed by atoms with Gasteiger partial charge in [-0.05, 0) is 30.2 Å². The van der Waals surface area contributed by atoms with Crippen LogP contribution in [0.2, 0.25) is 0 Å². The van der Waals surface area contributed by atoms with Gasteiger partial charge in [0.15, 0.2) is 0 Å². The number of rotatable bonds is 5. The zero-order chi connectivity index (χ0) is 17.5. The Morgan fingerprint density at radius 2 is 2.00 bits per heavy atom. The summed E-state index contributed by atoms with van der Waals surface area (Å²) in [6.07, 6.45) is 1.37. The Kier molecular flexibility index (Phi) is 5.54.